The number of hydrogen-bond acceptors (Lipinski definition) is 4. The molecule has 0 radical (unpaired) electrons. The van der Waals surface area contributed by atoms with Crippen molar-refractivity contribution in [1.82, 2.24) is 14.9 Å². The van der Waals surface area contributed by atoms with Crippen molar-refractivity contribution in [2.45, 2.75) is 43.4 Å². The number of methoxy groups -OCH3 is 2. The molecule has 0 unspecified atom stereocenters. The van der Waals surface area contributed by atoms with Crippen LogP contribution in [0, 0.1) is 0 Å². The predicted molar refractivity (Wildman–Crippen MR) is 89.9 cm³/mol. The van der Waals surface area contributed by atoms with Crippen LogP contribution in [0.1, 0.15) is 36.3 Å². The Bertz CT molecular complexity index is 726. The molecule has 1 saturated heterocycles. The number of aromatic amines is 1. The van der Waals surface area contributed by atoms with E-state index in [9.17, 15) is 4.79 Å². The number of likely N-dealkylation sites (tertiary alicyclic amines) is 1. The van der Waals surface area contributed by atoms with Gasteiger partial charge in [0.1, 0.15) is 0 Å². The quantitative estimate of drug-likeness (QED) is 0.939. The van der Waals surface area contributed by atoms with E-state index in [1.54, 1.807) is 14.2 Å². The van der Waals surface area contributed by atoms with E-state index < -0.39 is 0 Å². The number of fused-ring (bicyclic) bond motifs is 2. The van der Waals surface area contributed by atoms with Gasteiger partial charge in [0.15, 0.2) is 5.82 Å². The molecule has 24 heavy (non-hydrogen) atoms. The lowest BCUT2D eigenvalue weighted by molar-refractivity contribution is -0.0894. The highest BCUT2D eigenvalue weighted by Crippen LogP contribution is 2.43. The first-order valence-electron chi connectivity index (χ1n) is 8.50. The zero-order valence-electron chi connectivity index (χ0n) is 14.1. The molecule has 2 fully saturated rings. The second-order valence-electron chi connectivity index (χ2n) is 6.77. The summed E-state index contributed by atoms with van der Waals surface area (Å²) in [7, 11) is 3.50. The molecule has 128 valence electrons. The lowest BCUT2D eigenvalue weighted by Crippen LogP contribution is -2.53. The summed E-state index contributed by atoms with van der Waals surface area (Å²) >= 11 is 0. The topological polar surface area (TPSA) is 67.5 Å². The molecule has 1 amide bonds. The van der Waals surface area contributed by atoms with Gasteiger partial charge in [-0.3, -0.25) is 4.79 Å². The van der Waals surface area contributed by atoms with Gasteiger partial charge in [0, 0.05) is 20.8 Å². The number of para-hydroxylation sites is 2. The standard InChI is InChI=1S/C18H23N3O3/c1-23-12-7-8-18(24-2)9-10-21(15(18)11-12)17(22)16-19-13-5-3-4-6-14(13)20-16/h3-6,12,15H,7-11H2,1-2H3,(H,19,20)/t12-,15+,18-/m1/s1. The monoisotopic (exact) mass is 329 g/mol. The summed E-state index contributed by atoms with van der Waals surface area (Å²) in [5.74, 6) is 0.356. The van der Waals surface area contributed by atoms with Crippen LogP contribution in [0.3, 0.4) is 0 Å². The number of benzene rings is 1. The molecule has 1 aliphatic heterocycles. The smallest absolute Gasteiger partial charge is 0.290 e. The molecule has 2 aromatic rings. The van der Waals surface area contributed by atoms with E-state index in [-0.39, 0.29) is 23.7 Å². The third kappa shape index (κ3) is 2.32. The minimum absolute atomic E-state index is 0.0434. The number of imidazole rings is 1. The van der Waals surface area contributed by atoms with Crippen molar-refractivity contribution in [3.63, 3.8) is 0 Å². The van der Waals surface area contributed by atoms with Crippen molar-refractivity contribution >= 4 is 16.9 Å². The van der Waals surface area contributed by atoms with Crippen LogP contribution in [0.25, 0.3) is 11.0 Å². The number of amides is 1. The first kappa shape index (κ1) is 15.6. The lowest BCUT2D eigenvalue weighted by Gasteiger charge is -2.43. The van der Waals surface area contributed by atoms with E-state index in [4.69, 9.17) is 9.47 Å². The highest BCUT2D eigenvalue weighted by molar-refractivity contribution is 5.94. The van der Waals surface area contributed by atoms with Crippen molar-refractivity contribution in [2.24, 2.45) is 0 Å². The fraction of sp³-hybridized carbons (Fsp3) is 0.556. The van der Waals surface area contributed by atoms with Gasteiger partial charge in [0.05, 0.1) is 28.8 Å². The van der Waals surface area contributed by atoms with Gasteiger partial charge in [-0.25, -0.2) is 4.98 Å². The Hall–Kier alpha value is -1.92. The Morgan fingerprint density at radius 3 is 2.92 bits per heavy atom. The van der Waals surface area contributed by atoms with Crippen LogP contribution in [-0.4, -0.2) is 59.3 Å². The summed E-state index contributed by atoms with van der Waals surface area (Å²) in [6, 6.07) is 7.75. The average Bonchev–Trinajstić information content (AvgIpc) is 3.22. The van der Waals surface area contributed by atoms with E-state index in [2.05, 4.69) is 9.97 Å². The number of rotatable bonds is 3. The second kappa shape index (κ2) is 5.86. The normalized spacial score (nSPS) is 29.8. The van der Waals surface area contributed by atoms with Crippen molar-refractivity contribution in [2.75, 3.05) is 20.8 Å². The summed E-state index contributed by atoms with van der Waals surface area (Å²) in [6.45, 7) is 0.699. The van der Waals surface area contributed by atoms with Crippen LogP contribution in [0.2, 0.25) is 0 Å². The summed E-state index contributed by atoms with van der Waals surface area (Å²) < 4.78 is 11.4. The van der Waals surface area contributed by atoms with Crippen LogP contribution in [0.5, 0.6) is 0 Å². The minimum Gasteiger partial charge on any atom is -0.381 e. The Morgan fingerprint density at radius 1 is 1.33 bits per heavy atom. The van der Waals surface area contributed by atoms with Crippen molar-refractivity contribution in [1.29, 1.82) is 0 Å². The molecule has 6 nitrogen and oxygen atoms in total. The SMILES string of the molecule is CO[C@@H]1CC[C@@]2(OC)CCN(C(=O)c3nc4ccccc4[nH]3)[C@H]2C1. The summed E-state index contributed by atoms with van der Waals surface area (Å²) in [5.41, 5.74) is 1.46. The van der Waals surface area contributed by atoms with Gasteiger partial charge in [-0.1, -0.05) is 12.1 Å². The first-order valence-corrected chi connectivity index (χ1v) is 8.50. The molecule has 1 aromatic carbocycles. The largest absolute Gasteiger partial charge is 0.381 e. The molecule has 1 N–H and O–H groups in total. The molecule has 3 atom stereocenters. The Balaban J connectivity index is 1.64. The van der Waals surface area contributed by atoms with Gasteiger partial charge in [0.2, 0.25) is 0 Å². The van der Waals surface area contributed by atoms with Crippen LogP contribution >= 0.6 is 0 Å². The highest BCUT2D eigenvalue weighted by atomic mass is 16.5. The van der Waals surface area contributed by atoms with E-state index in [0.717, 1.165) is 36.7 Å². The predicted octanol–water partition coefficient (Wildman–Crippen LogP) is 2.36. The highest BCUT2D eigenvalue weighted by Gasteiger charge is 2.53. The van der Waals surface area contributed by atoms with Crippen molar-refractivity contribution in [3.8, 4) is 0 Å². The fourth-order valence-corrected chi connectivity index (χ4v) is 4.31. The van der Waals surface area contributed by atoms with E-state index in [0.29, 0.717) is 12.4 Å². The third-order valence-electron chi connectivity index (χ3n) is 5.73. The molecule has 2 aliphatic rings. The third-order valence-corrected chi connectivity index (χ3v) is 5.73. The van der Waals surface area contributed by atoms with Gasteiger partial charge < -0.3 is 19.4 Å². The first-order chi connectivity index (χ1) is 11.7. The van der Waals surface area contributed by atoms with Crippen molar-refractivity contribution < 1.29 is 14.3 Å². The Morgan fingerprint density at radius 2 is 2.17 bits per heavy atom. The van der Waals surface area contributed by atoms with Crippen molar-refractivity contribution in [3.05, 3.63) is 30.1 Å². The zero-order valence-corrected chi connectivity index (χ0v) is 14.1. The maximum atomic E-state index is 13.1. The molecule has 0 bridgehead atoms. The maximum absolute atomic E-state index is 13.1. The van der Waals surface area contributed by atoms with Crippen LogP contribution in [0.15, 0.2) is 24.3 Å². The number of carbonyl (C=O) groups excluding carboxylic acids is 1. The van der Waals surface area contributed by atoms with Gasteiger partial charge in [-0.15, -0.1) is 0 Å². The van der Waals surface area contributed by atoms with Gasteiger partial charge in [-0.2, -0.15) is 0 Å². The van der Waals surface area contributed by atoms with Crippen LogP contribution in [0.4, 0.5) is 0 Å². The molecule has 2 heterocycles. The number of nitrogens with zero attached hydrogens (tertiary/aromatic N) is 2. The summed E-state index contributed by atoms with van der Waals surface area (Å²) in [5, 5.41) is 0. The van der Waals surface area contributed by atoms with E-state index >= 15 is 0 Å². The number of H-pyrrole nitrogens is 1. The van der Waals surface area contributed by atoms with E-state index in [1.165, 1.54) is 0 Å². The molecule has 1 saturated carbocycles. The fourth-order valence-electron chi connectivity index (χ4n) is 4.31. The summed E-state index contributed by atoms with van der Waals surface area (Å²) in [4.78, 5) is 22.6. The minimum atomic E-state index is -0.239. The maximum Gasteiger partial charge on any atom is 0.290 e. The second-order valence-corrected chi connectivity index (χ2v) is 6.77. The molecule has 0 spiro atoms. The molecule has 1 aliphatic carbocycles. The van der Waals surface area contributed by atoms with Gasteiger partial charge in [-0.05, 0) is 37.8 Å². The molecule has 4 rings (SSSR count). The lowest BCUT2D eigenvalue weighted by atomic mass is 9.79. The molecular weight excluding hydrogens is 306 g/mol. The summed E-state index contributed by atoms with van der Waals surface area (Å²) in [6.07, 6.45) is 3.78. The Kier molecular flexibility index (Phi) is 3.81. The number of carbonyl (C=O) groups is 1. The van der Waals surface area contributed by atoms with Crippen LogP contribution < -0.4 is 0 Å². The average molecular weight is 329 g/mol. The number of ether oxygens (including phenoxy) is 2. The zero-order chi connectivity index (χ0) is 16.7. The number of nitrogens with one attached hydrogen (secondary N) is 1. The van der Waals surface area contributed by atoms with E-state index in [1.807, 2.05) is 29.2 Å². The Labute approximate surface area is 141 Å². The number of hydrogen-bond donors (Lipinski definition) is 1. The van der Waals surface area contributed by atoms with Gasteiger partial charge >= 0.3 is 0 Å². The number of aromatic nitrogens is 2. The van der Waals surface area contributed by atoms with Gasteiger partial charge in [0.25, 0.3) is 5.91 Å². The molecule has 6 heteroatoms. The van der Waals surface area contributed by atoms with Crippen LogP contribution in [-0.2, 0) is 9.47 Å². The molecule has 1 aromatic heterocycles. The molecular formula is C18H23N3O3.